The number of rotatable bonds is 6. The predicted octanol–water partition coefficient (Wildman–Crippen LogP) is 2.17. The lowest BCUT2D eigenvalue weighted by molar-refractivity contribution is -0.117. The number of ether oxygens (including phenoxy) is 1. The maximum absolute atomic E-state index is 11.1. The molecule has 0 fully saturated rings. The molecule has 0 radical (unpaired) electrons. The van der Waals surface area contributed by atoms with Crippen LogP contribution in [0.2, 0.25) is 0 Å². The number of hydrogen-bond donors (Lipinski definition) is 0. The second-order valence-corrected chi connectivity index (χ2v) is 4.30. The highest BCUT2D eigenvalue weighted by Crippen LogP contribution is 2.39. The smallest absolute Gasteiger partial charge is 0.174 e. The maximum atomic E-state index is 11.1. The van der Waals surface area contributed by atoms with E-state index in [-0.39, 0.29) is 18.6 Å². The second-order valence-electron chi connectivity index (χ2n) is 4.30. The van der Waals surface area contributed by atoms with Crippen molar-refractivity contribution in [3.8, 4) is 12.1 Å². The number of carbonyl (C=O) groups excluding carboxylic acids is 1. The van der Waals surface area contributed by atoms with Crippen molar-refractivity contribution in [3.63, 3.8) is 0 Å². The molecule has 98 valence electrons. The summed E-state index contributed by atoms with van der Waals surface area (Å²) in [6, 6.07) is 7.47. The first-order chi connectivity index (χ1) is 9.09. The van der Waals surface area contributed by atoms with Gasteiger partial charge in [-0.1, -0.05) is 6.07 Å². The number of hydrogen-bond acceptors (Lipinski definition) is 5. The molecule has 5 nitrogen and oxygen atoms in total. The van der Waals surface area contributed by atoms with Gasteiger partial charge in [0.25, 0.3) is 0 Å². The molecule has 0 spiro atoms. The number of nitriles is 2. The quantitative estimate of drug-likeness (QED) is 0.779. The Morgan fingerprint density at radius 1 is 1.53 bits per heavy atom. The summed E-state index contributed by atoms with van der Waals surface area (Å²) in [7, 11) is 1.44. The van der Waals surface area contributed by atoms with Gasteiger partial charge in [0, 0.05) is 31.5 Å². The molecule has 0 aliphatic heterocycles. The lowest BCUT2D eigenvalue weighted by Crippen LogP contribution is -2.28. The van der Waals surface area contributed by atoms with Gasteiger partial charge >= 0.3 is 0 Å². The normalized spacial score (nSPS) is 12.2. The Hall–Kier alpha value is -2.24. The van der Waals surface area contributed by atoms with E-state index in [0.717, 1.165) is 0 Å². The topological polar surface area (TPSA) is 86.8 Å². The van der Waals surface area contributed by atoms with Crippen molar-refractivity contribution >= 4 is 5.78 Å². The van der Waals surface area contributed by atoms with Crippen LogP contribution >= 0.6 is 0 Å². The van der Waals surface area contributed by atoms with Crippen LogP contribution in [-0.2, 0) is 9.53 Å². The van der Waals surface area contributed by atoms with Crippen molar-refractivity contribution in [2.45, 2.75) is 25.9 Å². The molecule has 1 atom stereocenters. The summed E-state index contributed by atoms with van der Waals surface area (Å²) in [6.07, 6.45) is 2.75. The van der Waals surface area contributed by atoms with Gasteiger partial charge in [0.2, 0.25) is 0 Å². The van der Waals surface area contributed by atoms with Gasteiger partial charge in [-0.3, -0.25) is 4.98 Å². The first-order valence-corrected chi connectivity index (χ1v) is 5.84. The first kappa shape index (κ1) is 14.8. The van der Waals surface area contributed by atoms with Crippen molar-refractivity contribution in [3.05, 3.63) is 30.1 Å². The van der Waals surface area contributed by atoms with E-state index in [2.05, 4.69) is 4.98 Å². The highest BCUT2D eigenvalue weighted by molar-refractivity contribution is 5.75. The number of carbonyl (C=O) groups is 1. The van der Waals surface area contributed by atoms with Gasteiger partial charge in [0.1, 0.15) is 11.9 Å². The average molecular weight is 257 g/mol. The average Bonchev–Trinajstić information content (AvgIpc) is 2.44. The van der Waals surface area contributed by atoms with Crippen LogP contribution < -0.4 is 0 Å². The SMILES string of the molecule is COC(c1cccnc1)C(C#N)(C#N)CCC(C)=O. The number of ketones is 1. The number of pyridine rings is 1. The number of methoxy groups -OCH3 is 1. The van der Waals surface area contributed by atoms with Crippen molar-refractivity contribution in [1.29, 1.82) is 10.5 Å². The summed E-state index contributed by atoms with van der Waals surface area (Å²) in [5.74, 6) is -0.0593. The summed E-state index contributed by atoms with van der Waals surface area (Å²) in [5.41, 5.74) is -0.736. The largest absolute Gasteiger partial charge is 0.374 e. The standard InChI is InChI=1S/C14H15N3O2/c1-11(18)5-6-14(9-15,10-16)13(19-2)12-4-3-7-17-8-12/h3-4,7-8,13H,5-6H2,1-2H3. The molecule has 0 saturated carbocycles. The van der Waals surface area contributed by atoms with E-state index >= 15 is 0 Å². The number of aromatic nitrogens is 1. The summed E-state index contributed by atoms with van der Waals surface area (Å²) in [5, 5.41) is 18.7. The molecule has 0 saturated heterocycles. The van der Waals surface area contributed by atoms with Crippen molar-refractivity contribution in [2.24, 2.45) is 5.41 Å². The van der Waals surface area contributed by atoms with E-state index in [1.807, 2.05) is 12.1 Å². The fraction of sp³-hybridized carbons (Fsp3) is 0.429. The van der Waals surface area contributed by atoms with E-state index in [0.29, 0.717) is 5.56 Å². The Kier molecular flexibility index (Phi) is 5.17. The third-order valence-electron chi connectivity index (χ3n) is 2.94. The summed E-state index contributed by atoms with van der Waals surface area (Å²) >= 11 is 0. The molecule has 19 heavy (non-hydrogen) atoms. The Morgan fingerprint density at radius 2 is 2.21 bits per heavy atom. The minimum atomic E-state index is -1.39. The van der Waals surface area contributed by atoms with Gasteiger partial charge in [-0.2, -0.15) is 10.5 Å². The fourth-order valence-electron chi connectivity index (χ4n) is 1.91. The van der Waals surface area contributed by atoms with Crippen LogP contribution in [0.3, 0.4) is 0 Å². The van der Waals surface area contributed by atoms with Gasteiger partial charge in [0.05, 0.1) is 12.1 Å². The molecular formula is C14H15N3O2. The van der Waals surface area contributed by atoms with Crippen LogP contribution in [0.4, 0.5) is 0 Å². The summed E-state index contributed by atoms with van der Waals surface area (Å²) in [6.45, 7) is 1.44. The molecule has 0 aliphatic rings. The molecule has 0 bridgehead atoms. The molecule has 1 heterocycles. The minimum Gasteiger partial charge on any atom is -0.374 e. The zero-order valence-corrected chi connectivity index (χ0v) is 11.0. The fourth-order valence-corrected chi connectivity index (χ4v) is 1.91. The van der Waals surface area contributed by atoms with E-state index in [4.69, 9.17) is 4.74 Å². The molecule has 1 unspecified atom stereocenters. The molecule has 1 rings (SSSR count). The van der Waals surface area contributed by atoms with Gasteiger partial charge in [-0.15, -0.1) is 0 Å². The molecule has 0 N–H and O–H groups in total. The molecule has 5 heteroatoms. The van der Waals surface area contributed by atoms with Crippen molar-refractivity contribution in [2.75, 3.05) is 7.11 Å². The Labute approximate surface area is 112 Å². The molecule has 0 aliphatic carbocycles. The Bertz CT molecular complexity index is 500. The number of nitrogens with zero attached hydrogens (tertiary/aromatic N) is 3. The van der Waals surface area contributed by atoms with Gasteiger partial charge in [-0.05, 0) is 19.4 Å². The molecule has 1 aromatic rings. The van der Waals surface area contributed by atoms with Gasteiger partial charge in [0.15, 0.2) is 5.41 Å². The van der Waals surface area contributed by atoms with Crippen molar-refractivity contribution in [1.82, 2.24) is 4.98 Å². The van der Waals surface area contributed by atoms with Crippen LogP contribution in [0.25, 0.3) is 0 Å². The van der Waals surface area contributed by atoms with Crippen LogP contribution in [0.5, 0.6) is 0 Å². The van der Waals surface area contributed by atoms with E-state index in [1.165, 1.54) is 14.0 Å². The first-order valence-electron chi connectivity index (χ1n) is 5.84. The van der Waals surface area contributed by atoms with Crippen LogP contribution in [-0.4, -0.2) is 17.9 Å². The third kappa shape index (κ3) is 3.37. The predicted molar refractivity (Wildman–Crippen MR) is 67.6 cm³/mol. The zero-order chi connectivity index (χ0) is 14.3. The highest BCUT2D eigenvalue weighted by atomic mass is 16.5. The number of Topliss-reactive ketones (excluding diaryl/α,β-unsaturated/α-hetero) is 1. The Morgan fingerprint density at radius 3 is 2.63 bits per heavy atom. The van der Waals surface area contributed by atoms with Gasteiger partial charge < -0.3 is 9.53 Å². The third-order valence-corrected chi connectivity index (χ3v) is 2.94. The van der Waals surface area contributed by atoms with Gasteiger partial charge in [-0.25, -0.2) is 0 Å². The van der Waals surface area contributed by atoms with E-state index in [1.54, 1.807) is 24.5 Å². The van der Waals surface area contributed by atoms with Crippen LogP contribution in [0, 0.1) is 28.1 Å². The summed E-state index contributed by atoms with van der Waals surface area (Å²) in [4.78, 5) is 15.1. The zero-order valence-electron chi connectivity index (χ0n) is 11.0. The van der Waals surface area contributed by atoms with E-state index in [9.17, 15) is 15.3 Å². The lowest BCUT2D eigenvalue weighted by atomic mass is 9.77. The highest BCUT2D eigenvalue weighted by Gasteiger charge is 2.41. The molecular weight excluding hydrogens is 242 g/mol. The van der Waals surface area contributed by atoms with Crippen LogP contribution in [0.1, 0.15) is 31.4 Å². The second kappa shape index (κ2) is 6.63. The Balaban J connectivity index is 3.13. The van der Waals surface area contributed by atoms with Crippen LogP contribution in [0.15, 0.2) is 24.5 Å². The molecule has 0 amide bonds. The lowest BCUT2D eigenvalue weighted by Gasteiger charge is -2.27. The minimum absolute atomic E-state index is 0.0593. The summed E-state index contributed by atoms with van der Waals surface area (Å²) < 4.78 is 5.32. The van der Waals surface area contributed by atoms with Crippen molar-refractivity contribution < 1.29 is 9.53 Å². The maximum Gasteiger partial charge on any atom is 0.174 e. The molecule has 0 aromatic carbocycles. The monoisotopic (exact) mass is 257 g/mol. The molecule has 1 aromatic heterocycles. The van der Waals surface area contributed by atoms with E-state index < -0.39 is 11.5 Å².